The third kappa shape index (κ3) is 1.70. The van der Waals surface area contributed by atoms with Gasteiger partial charge < -0.3 is 5.11 Å². The number of carbonyl (C=O) groups is 2. The lowest BCUT2D eigenvalue weighted by molar-refractivity contribution is -0.155. The van der Waals surface area contributed by atoms with Crippen LogP contribution in [-0.2, 0) is 9.59 Å². The molecule has 0 aromatic heterocycles. The Kier molecular flexibility index (Phi) is 3.07. The van der Waals surface area contributed by atoms with Crippen molar-refractivity contribution >= 4 is 11.6 Å². The zero-order chi connectivity index (χ0) is 15.5. The molecular formula is C18H24O3. The number of rotatable bonds is 2. The van der Waals surface area contributed by atoms with Crippen LogP contribution in [0, 0.1) is 22.2 Å². The zero-order valence-corrected chi connectivity index (χ0v) is 13.1. The number of Topliss-reactive ketones (excluding diaryl/α,β-unsaturated/α-hetero) is 2. The van der Waals surface area contributed by atoms with Crippen molar-refractivity contribution in [3.8, 4) is 0 Å². The molecule has 0 unspecified atom stereocenters. The first-order chi connectivity index (χ1) is 9.79. The summed E-state index contributed by atoms with van der Waals surface area (Å²) in [5.41, 5.74) is -1.22. The summed E-state index contributed by atoms with van der Waals surface area (Å²) in [5.74, 6) is 0.484. The topological polar surface area (TPSA) is 54.4 Å². The van der Waals surface area contributed by atoms with Gasteiger partial charge in [-0.2, -0.15) is 0 Å². The Labute approximate surface area is 126 Å². The van der Waals surface area contributed by atoms with Crippen LogP contribution in [0.15, 0.2) is 23.8 Å². The molecule has 21 heavy (non-hydrogen) atoms. The highest BCUT2D eigenvalue weighted by Crippen LogP contribution is 2.59. The van der Waals surface area contributed by atoms with E-state index in [9.17, 15) is 14.7 Å². The molecule has 114 valence electrons. The van der Waals surface area contributed by atoms with Crippen LogP contribution in [0.5, 0.6) is 0 Å². The summed E-state index contributed by atoms with van der Waals surface area (Å²) in [5, 5.41) is 10.2. The molecule has 4 aliphatic rings. The van der Waals surface area contributed by atoms with Gasteiger partial charge in [-0.15, -0.1) is 0 Å². The van der Waals surface area contributed by atoms with Crippen molar-refractivity contribution in [3.63, 3.8) is 0 Å². The first-order valence-corrected chi connectivity index (χ1v) is 7.85. The standard InChI is InChI=1S/C18H24O3/c1-12-10-17(8-5-13(12)9-14(17)20)18(11-19)7-4-6-16(2,3)15(18)21/h4,7,10,13,19H,5-6,8-9,11H2,1-3H3/t13-,17+,18+/m1/s1. The van der Waals surface area contributed by atoms with Gasteiger partial charge in [0.2, 0.25) is 0 Å². The van der Waals surface area contributed by atoms with Gasteiger partial charge in [0, 0.05) is 11.8 Å². The molecule has 3 heteroatoms. The summed E-state index contributed by atoms with van der Waals surface area (Å²) >= 11 is 0. The summed E-state index contributed by atoms with van der Waals surface area (Å²) in [6.07, 6.45) is 8.62. The smallest absolute Gasteiger partial charge is 0.152 e. The lowest BCUT2D eigenvalue weighted by Gasteiger charge is -2.54. The number of hydrogen-bond acceptors (Lipinski definition) is 3. The second-order valence-corrected chi connectivity index (χ2v) is 7.67. The van der Waals surface area contributed by atoms with E-state index >= 15 is 0 Å². The van der Waals surface area contributed by atoms with Crippen LogP contribution >= 0.6 is 0 Å². The molecule has 0 aliphatic heterocycles. The van der Waals surface area contributed by atoms with Crippen LogP contribution in [-0.4, -0.2) is 23.3 Å². The summed E-state index contributed by atoms with van der Waals surface area (Å²) in [6.45, 7) is 5.59. The Hall–Kier alpha value is -1.22. The van der Waals surface area contributed by atoms with E-state index in [1.165, 1.54) is 5.57 Å². The molecule has 0 radical (unpaired) electrons. The first-order valence-electron chi connectivity index (χ1n) is 7.85. The van der Waals surface area contributed by atoms with E-state index < -0.39 is 16.2 Å². The van der Waals surface area contributed by atoms with Crippen molar-refractivity contribution in [1.82, 2.24) is 0 Å². The largest absolute Gasteiger partial charge is 0.395 e. The highest BCUT2D eigenvalue weighted by atomic mass is 16.3. The zero-order valence-electron chi connectivity index (χ0n) is 13.1. The van der Waals surface area contributed by atoms with Crippen LogP contribution in [0.3, 0.4) is 0 Å². The SMILES string of the molecule is CC1=C[C@@]2([C@]3(CO)C=CCC(C)(C)C3=O)CC[C@@H]1CC2=O. The molecule has 4 rings (SSSR count). The second-order valence-electron chi connectivity index (χ2n) is 7.67. The average Bonchev–Trinajstić information content (AvgIpc) is 2.43. The number of ketones is 2. The van der Waals surface area contributed by atoms with E-state index in [-0.39, 0.29) is 18.2 Å². The number of carbonyl (C=O) groups excluding carboxylic acids is 2. The van der Waals surface area contributed by atoms with Crippen LogP contribution in [0.4, 0.5) is 0 Å². The van der Waals surface area contributed by atoms with E-state index in [2.05, 4.69) is 6.92 Å². The second kappa shape index (κ2) is 4.39. The number of aliphatic hydroxyl groups is 1. The fourth-order valence-electron chi connectivity index (χ4n) is 4.64. The van der Waals surface area contributed by atoms with Crippen molar-refractivity contribution in [2.24, 2.45) is 22.2 Å². The number of fused-ring (bicyclic) bond motifs is 2. The first kappa shape index (κ1) is 14.7. The van der Waals surface area contributed by atoms with Crippen LogP contribution < -0.4 is 0 Å². The lowest BCUT2D eigenvalue weighted by Crippen LogP contribution is -2.60. The normalized spacial score (nSPS) is 41.3. The van der Waals surface area contributed by atoms with Crippen molar-refractivity contribution in [1.29, 1.82) is 0 Å². The molecule has 2 bridgehead atoms. The lowest BCUT2D eigenvalue weighted by atomic mass is 9.46. The number of aliphatic hydroxyl groups excluding tert-OH is 1. The average molecular weight is 288 g/mol. The van der Waals surface area contributed by atoms with E-state index in [1.54, 1.807) is 0 Å². The Morgan fingerprint density at radius 3 is 2.62 bits per heavy atom. The summed E-state index contributed by atoms with van der Waals surface area (Å²) in [6, 6.07) is 0. The minimum absolute atomic E-state index is 0.0118. The number of allylic oxidation sites excluding steroid dienone is 3. The number of hydrogen-bond donors (Lipinski definition) is 1. The minimum atomic E-state index is -1.07. The maximum absolute atomic E-state index is 13.1. The third-order valence-electron chi connectivity index (χ3n) is 6.03. The molecule has 1 saturated carbocycles. The molecule has 0 aromatic carbocycles. The Morgan fingerprint density at radius 2 is 2.05 bits per heavy atom. The van der Waals surface area contributed by atoms with Gasteiger partial charge in [-0.05, 0) is 32.1 Å². The predicted molar refractivity (Wildman–Crippen MR) is 80.6 cm³/mol. The quantitative estimate of drug-likeness (QED) is 0.795. The van der Waals surface area contributed by atoms with Gasteiger partial charge in [0.05, 0.1) is 17.4 Å². The molecule has 0 heterocycles. The van der Waals surface area contributed by atoms with Crippen molar-refractivity contribution in [2.45, 2.75) is 46.5 Å². The van der Waals surface area contributed by atoms with E-state index in [0.717, 1.165) is 6.42 Å². The monoisotopic (exact) mass is 288 g/mol. The molecular weight excluding hydrogens is 264 g/mol. The van der Waals surface area contributed by atoms with Crippen LogP contribution in [0.1, 0.15) is 46.5 Å². The van der Waals surface area contributed by atoms with Gasteiger partial charge in [-0.1, -0.05) is 37.6 Å². The Morgan fingerprint density at radius 1 is 1.33 bits per heavy atom. The molecule has 1 N–H and O–H groups in total. The van der Waals surface area contributed by atoms with Gasteiger partial charge in [0.1, 0.15) is 5.78 Å². The van der Waals surface area contributed by atoms with E-state index in [1.807, 2.05) is 32.1 Å². The van der Waals surface area contributed by atoms with E-state index in [4.69, 9.17) is 0 Å². The van der Waals surface area contributed by atoms with Gasteiger partial charge in [0.15, 0.2) is 5.78 Å². The molecule has 3 atom stereocenters. The highest BCUT2D eigenvalue weighted by Gasteiger charge is 2.63. The van der Waals surface area contributed by atoms with Crippen molar-refractivity contribution in [3.05, 3.63) is 23.8 Å². The maximum atomic E-state index is 13.1. The fraction of sp³-hybridized carbons (Fsp3) is 0.667. The Bertz CT molecular complexity index is 569. The molecule has 0 spiro atoms. The molecule has 4 aliphatic carbocycles. The summed E-state index contributed by atoms with van der Waals surface area (Å²) in [4.78, 5) is 25.9. The van der Waals surface area contributed by atoms with Crippen LogP contribution in [0.2, 0.25) is 0 Å². The summed E-state index contributed by atoms with van der Waals surface area (Å²) in [7, 11) is 0. The predicted octanol–water partition coefficient (Wildman–Crippen LogP) is 2.84. The Balaban J connectivity index is 2.22. The van der Waals surface area contributed by atoms with Crippen molar-refractivity contribution < 1.29 is 14.7 Å². The van der Waals surface area contributed by atoms with Crippen molar-refractivity contribution in [2.75, 3.05) is 6.61 Å². The van der Waals surface area contributed by atoms with Crippen LogP contribution in [0.25, 0.3) is 0 Å². The third-order valence-corrected chi connectivity index (χ3v) is 6.03. The maximum Gasteiger partial charge on any atom is 0.152 e. The molecule has 0 aromatic rings. The van der Waals surface area contributed by atoms with E-state index in [0.29, 0.717) is 25.2 Å². The van der Waals surface area contributed by atoms with Gasteiger partial charge >= 0.3 is 0 Å². The summed E-state index contributed by atoms with van der Waals surface area (Å²) < 4.78 is 0. The minimum Gasteiger partial charge on any atom is -0.395 e. The molecule has 0 amide bonds. The van der Waals surface area contributed by atoms with Gasteiger partial charge in [0.25, 0.3) is 0 Å². The van der Waals surface area contributed by atoms with Gasteiger partial charge in [-0.25, -0.2) is 0 Å². The van der Waals surface area contributed by atoms with Gasteiger partial charge in [-0.3, -0.25) is 9.59 Å². The molecule has 3 nitrogen and oxygen atoms in total. The molecule has 0 saturated heterocycles. The molecule has 1 fully saturated rings. The fourth-order valence-corrected chi connectivity index (χ4v) is 4.64. The highest BCUT2D eigenvalue weighted by molar-refractivity contribution is 6.02.